The van der Waals surface area contributed by atoms with Gasteiger partial charge < -0.3 is 9.84 Å². The summed E-state index contributed by atoms with van der Waals surface area (Å²) in [5.74, 6) is -3.17. The molecule has 0 heterocycles. The number of halogens is 1. The molecule has 1 aromatic rings. The van der Waals surface area contributed by atoms with Crippen LogP contribution in [-0.4, -0.2) is 29.4 Å². The topological polar surface area (TPSA) is 80.7 Å². The van der Waals surface area contributed by atoms with Gasteiger partial charge in [-0.15, -0.1) is 0 Å². The van der Waals surface area contributed by atoms with Gasteiger partial charge >= 0.3 is 11.9 Å². The van der Waals surface area contributed by atoms with Crippen LogP contribution in [0.3, 0.4) is 0 Å². The Morgan fingerprint density at radius 3 is 2.32 bits per heavy atom. The molecule has 0 aliphatic heterocycles. The Morgan fingerprint density at radius 1 is 1.26 bits per heavy atom. The molecule has 0 aliphatic rings. The van der Waals surface area contributed by atoms with Gasteiger partial charge in [0.15, 0.2) is 5.78 Å². The van der Waals surface area contributed by atoms with E-state index in [4.69, 9.17) is 16.7 Å². The molecule has 0 saturated carbocycles. The molecule has 0 atom stereocenters. The predicted octanol–water partition coefficient (Wildman–Crippen LogP) is 2.10. The zero-order chi connectivity index (χ0) is 14.4. The van der Waals surface area contributed by atoms with Crippen molar-refractivity contribution in [3.63, 3.8) is 0 Å². The first kappa shape index (κ1) is 14.9. The van der Waals surface area contributed by atoms with Gasteiger partial charge in [0.1, 0.15) is 5.57 Å². The minimum atomic E-state index is -1.51. The molecule has 1 N–H and O–H groups in total. The summed E-state index contributed by atoms with van der Waals surface area (Å²) < 4.78 is 4.56. The van der Waals surface area contributed by atoms with Gasteiger partial charge in [-0.25, -0.2) is 9.59 Å². The number of hydrogen-bond donors (Lipinski definition) is 1. The third-order valence-corrected chi connectivity index (χ3v) is 2.38. The van der Waals surface area contributed by atoms with Crippen molar-refractivity contribution in [2.45, 2.75) is 6.92 Å². The molecule has 0 spiro atoms. The third kappa shape index (κ3) is 4.22. The van der Waals surface area contributed by atoms with E-state index >= 15 is 0 Å². The molecule has 0 aromatic heterocycles. The van der Waals surface area contributed by atoms with Gasteiger partial charge in [-0.2, -0.15) is 0 Å². The van der Waals surface area contributed by atoms with Crippen molar-refractivity contribution in [3.8, 4) is 0 Å². The lowest BCUT2D eigenvalue weighted by atomic mass is 10.1. The summed E-state index contributed by atoms with van der Waals surface area (Å²) in [6.45, 7) is 1.57. The fourth-order valence-electron chi connectivity index (χ4n) is 1.25. The van der Waals surface area contributed by atoms with Crippen LogP contribution < -0.4 is 0 Å². The minimum absolute atomic E-state index is 0.0264. The maximum atomic E-state index is 11.8. The molecule has 0 amide bonds. The van der Waals surface area contributed by atoms with Crippen molar-refractivity contribution >= 4 is 29.3 Å². The highest BCUT2D eigenvalue weighted by Crippen LogP contribution is 2.11. The predicted molar refractivity (Wildman–Crippen MR) is 68.1 cm³/mol. The van der Waals surface area contributed by atoms with E-state index in [9.17, 15) is 14.4 Å². The molecule has 0 fully saturated rings. The number of carboxylic acids is 1. The lowest BCUT2D eigenvalue weighted by Crippen LogP contribution is -2.17. The molecule has 0 radical (unpaired) electrons. The highest BCUT2D eigenvalue weighted by atomic mass is 35.5. The number of carbonyl (C=O) groups excluding carboxylic acids is 2. The Balaban J connectivity index is 3.02. The lowest BCUT2D eigenvalue weighted by Gasteiger charge is -2.02. The quantitative estimate of drug-likeness (QED) is 0.294. The summed E-state index contributed by atoms with van der Waals surface area (Å²) in [6, 6.07) is 5.86. The summed E-state index contributed by atoms with van der Waals surface area (Å²) in [7, 11) is 0. The number of ether oxygens (including phenoxy) is 1. The summed E-state index contributed by atoms with van der Waals surface area (Å²) in [5.41, 5.74) is -0.478. The first-order chi connectivity index (χ1) is 8.95. The van der Waals surface area contributed by atoms with Crippen molar-refractivity contribution in [1.82, 2.24) is 0 Å². The lowest BCUT2D eigenvalue weighted by molar-refractivity contribution is -0.143. The number of rotatable bonds is 5. The Morgan fingerprint density at radius 2 is 1.84 bits per heavy atom. The first-order valence-corrected chi connectivity index (χ1v) is 5.75. The summed E-state index contributed by atoms with van der Waals surface area (Å²) in [4.78, 5) is 34.0. The Bertz CT molecular complexity index is 530. The van der Waals surface area contributed by atoms with Crippen molar-refractivity contribution in [2.24, 2.45) is 0 Å². The number of ketones is 1. The molecule has 0 bridgehead atoms. The molecular weight excluding hydrogens is 272 g/mol. The molecule has 0 unspecified atom stereocenters. The van der Waals surface area contributed by atoms with Crippen molar-refractivity contribution in [3.05, 3.63) is 46.5 Å². The van der Waals surface area contributed by atoms with Gasteiger partial charge in [0.05, 0.1) is 6.61 Å². The largest absolute Gasteiger partial charge is 0.477 e. The fourth-order valence-corrected chi connectivity index (χ4v) is 1.37. The molecular formula is C13H11ClO5. The average molecular weight is 283 g/mol. The Labute approximate surface area is 114 Å². The number of allylic oxidation sites excluding steroid dienone is 1. The van der Waals surface area contributed by atoms with Crippen LogP contribution in [0.4, 0.5) is 0 Å². The van der Waals surface area contributed by atoms with Crippen LogP contribution in [0.2, 0.25) is 5.02 Å². The standard InChI is InChI=1S/C13H11ClO5/c1-2-19-13(18)10(12(16)17)7-11(15)8-3-5-9(14)6-4-8/h3-7H,2H2,1H3,(H,16,17). The number of aliphatic carboxylic acids is 1. The zero-order valence-corrected chi connectivity index (χ0v) is 10.8. The second-order valence-electron chi connectivity index (χ2n) is 3.45. The maximum absolute atomic E-state index is 11.8. The number of esters is 1. The van der Waals surface area contributed by atoms with Gasteiger partial charge in [0.25, 0.3) is 0 Å². The highest BCUT2D eigenvalue weighted by Gasteiger charge is 2.20. The number of carboxylic acid groups (broad SMARTS) is 1. The zero-order valence-electron chi connectivity index (χ0n) is 10.1. The summed E-state index contributed by atoms with van der Waals surface area (Å²) in [5, 5.41) is 9.32. The first-order valence-electron chi connectivity index (χ1n) is 5.37. The van der Waals surface area contributed by atoms with Gasteiger partial charge in [0, 0.05) is 16.7 Å². The fraction of sp³-hybridized carbons (Fsp3) is 0.154. The van der Waals surface area contributed by atoms with Crippen molar-refractivity contribution < 1.29 is 24.2 Å². The SMILES string of the molecule is CCOC(=O)C(=CC(=O)c1ccc(Cl)cc1)C(=O)O. The van der Waals surface area contributed by atoms with E-state index in [1.165, 1.54) is 24.3 Å². The van der Waals surface area contributed by atoms with E-state index in [0.29, 0.717) is 5.02 Å². The Kier molecular flexibility index (Phi) is 5.26. The van der Waals surface area contributed by atoms with Crippen LogP contribution in [0.1, 0.15) is 17.3 Å². The molecule has 6 heteroatoms. The van der Waals surface area contributed by atoms with E-state index in [1.54, 1.807) is 6.92 Å². The van der Waals surface area contributed by atoms with E-state index in [1.807, 2.05) is 0 Å². The van der Waals surface area contributed by atoms with Crippen molar-refractivity contribution in [1.29, 1.82) is 0 Å². The molecule has 1 rings (SSSR count). The van der Waals surface area contributed by atoms with Crippen LogP contribution in [0.25, 0.3) is 0 Å². The van der Waals surface area contributed by atoms with Gasteiger partial charge in [-0.1, -0.05) is 11.6 Å². The number of hydrogen-bond acceptors (Lipinski definition) is 4. The maximum Gasteiger partial charge on any atom is 0.345 e. The van der Waals surface area contributed by atoms with Crippen molar-refractivity contribution in [2.75, 3.05) is 6.61 Å². The van der Waals surface area contributed by atoms with Crippen LogP contribution in [-0.2, 0) is 14.3 Å². The van der Waals surface area contributed by atoms with Gasteiger partial charge in [-0.05, 0) is 31.2 Å². The van der Waals surface area contributed by atoms with E-state index in [2.05, 4.69) is 4.74 Å². The van der Waals surface area contributed by atoms with E-state index in [-0.39, 0.29) is 12.2 Å². The number of benzene rings is 1. The normalized spacial score (nSPS) is 10.9. The summed E-state index contributed by atoms with van der Waals surface area (Å²) in [6.07, 6.45) is 0.740. The molecule has 1 aromatic carbocycles. The molecule has 19 heavy (non-hydrogen) atoms. The van der Waals surface area contributed by atoms with Crippen LogP contribution in [0.15, 0.2) is 35.9 Å². The molecule has 0 saturated heterocycles. The second kappa shape index (κ2) is 6.70. The van der Waals surface area contributed by atoms with Crippen LogP contribution in [0.5, 0.6) is 0 Å². The van der Waals surface area contributed by atoms with Crippen LogP contribution >= 0.6 is 11.6 Å². The van der Waals surface area contributed by atoms with Gasteiger partial charge in [0.2, 0.25) is 0 Å². The molecule has 100 valence electrons. The molecule has 5 nitrogen and oxygen atoms in total. The smallest absolute Gasteiger partial charge is 0.345 e. The van der Waals surface area contributed by atoms with E-state index in [0.717, 1.165) is 6.08 Å². The monoisotopic (exact) mass is 282 g/mol. The minimum Gasteiger partial charge on any atom is -0.477 e. The summed E-state index contributed by atoms with van der Waals surface area (Å²) >= 11 is 5.67. The van der Waals surface area contributed by atoms with Crippen LogP contribution in [0, 0.1) is 0 Å². The highest BCUT2D eigenvalue weighted by molar-refractivity contribution is 6.30. The van der Waals surface area contributed by atoms with Gasteiger partial charge in [-0.3, -0.25) is 4.79 Å². The average Bonchev–Trinajstić information content (AvgIpc) is 2.36. The Hall–Kier alpha value is -2.14. The van der Waals surface area contributed by atoms with E-state index < -0.39 is 23.3 Å². The third-order valence-electron chi connectivity index (χ3n) is 2.13. The number of carbonyl (C=O) groups is 3. The second-order valence-corrected chi connectivity index (χ2v) is 3.89. The molecule has 0 aliphatic carbocycles.